The van der Waals surface area contributed by atoms with E-state index in [1.807, 2.05) is 35.7 Å². The molecule has 0 saturated carbocycles. The average molecular weight is 326 g/mol. The van der Waals surface area contributed by atoms with Gasteiger partial charge in [0.2, 0.25) is 5.91 Å². The minimum absolute atomic E-state index is 0.0231. The van der Waals surface area contributed by atoms with Crippen LogP contribution < -0.4 is 0 Å². The normalized spacial score (nSPS) is 13.3. The van der Waals surface area contributed by atoms with Gasteiger partial charge in [0.15, 0.2) is 0 Å². The molecular weight excluding hydrogens is 308 g/mol. The Morgan fingerprint density at radius 1 is 1.22 bits per heavy atom. The highest BCUT2D eigenvalue weighted by Crippen LogP contribution is 2.31. The van der Waals surface area contributed by atoms with E-state index in [1.54, 1.807) is 34.3 Å². The molecule has 1 aromatic carbocycles. The van der Waals surface area contributed by atoms with Crippen molar-refractivity contribution < 1.29 is 9.59 Å². The molecule has 118 valence electrons. The van der Waals surface area contributed by atoms with E-state index < -0.39 is 0 Å². The van der Waals surface area contributed by atoms with Crippen LogP contribution in [0.5, 0.6) is 0 Å². The van der Waals surface area contributed by atoms with Gasteiger partial charge in [0.1, 0.15) is 0 Å². The van der Waals surface area contributed by atoms with Crippen LogP contribution in [0.4, 0.5) is 0 Å². The lowest BCUT2D eigenvalue weighted by molar-refractivity contribution is -0.130. The summed E-state index contributed by atoms with van der Waals surface area (Å²) in [6, 6.07) is 11.4. The number of hydrogen-bond donors (Lipinski definition) is 0. The molecule has 1 aliphatic rings. The molecule has 2 heterocycles. The molecule has 0 aliphatic carbocycles. The van der Waals surface area contributed by atoms with Crippen molar-refractivity contribution in [1.82, 2.24) is 9.80 Å². The number of hydrogen-bond acceptors (Lipinski definition) is 3. The molecular formula is C18H18N2O2S. The van der Waals surface area contributed by atoms with Crippen LogP contribution in [0.15, 0.2) is 48.4 Å². The first-order chi connectivity index (χ1) is 11.1. The Morgan fingerprint density at radius 2 is 1.96 bits per heavy atom. The molecule has 0 fully saturated rings. The Morgan fingerprint density at radius 3 is 2.61 bits per heavy atom. The second kappa shape index (κ2) is 6.38. The van der Waals surface area contributed by atoms with Gasteiger partial charge in [-0.3, -0.25) is 9.59 Å². The summed E-state index contributed by atoms with van der Waals surface area (Å²) in [5.41, 5.74) is 2.20. The van der Waals surface area contributed by atoms with Crippen molar-refractivity contribution in [3.63, 3.8) is 0 Å². The zero-order chi connectivity index (χ0) is 16.4. The summed E-state index contributed by atoms with van der Waals surface area (Å²) in [7, 11) is 1.79. The molecule has 0 spiro atoms. The first-order valence-electron chi connectivity index (χ1n) is 7.44. The number of thiophene rings is 1. The van der Waals surface area contributed by atoms with Crippen molar-refractivity contribution >= 4 is 28.8 Å². The van der Waals surface area contributed by atoms with Crippen LogP contribution in [0, 0.1) is 0 Å². The van der Waals surface area contributed by atoms with E-state index in [2.05, 4.69) is 6.58 Å². The Bertz CT molecular complexity index is 717. The Hall–Kier alpha value is -2.40. The Balaban J connectivity index is 1.60. The first-order valence-corrected chi connectivity index (χ1v) is 8.32. The van der Waals surface area contributed by atoms with E-state index in [0.29, 0.717) is 30.8 Å². The quantitative estimate of drug-likeness (QED) is 0.846. The number of rotatable bonds is 5. The van der Waals surface area contributed by atoms with Crippen molar-refractivity contribution in [2.24, 2.45) is 0 Å². The molecule has 2 amide bonds. The lowest BCUT2D eigenvalue weighted by Gasteiger charge is -2.20. The molecule has 0 atom stereocenters. The monoisotopic (exact) mass is 326 g/mol. The summed E-state index contributed by atoms with van der Waals surface area (Å²) in [6.45, 7) is 4.96. The largest absolute Gasteiger partial charge is 0.341 e. The molecule has 23 heavy (non-hydrogen) atoms. The van der Waals surface area contributed by atoms with Crippen LogP contribution in [0.3, 0.4) is 0 Å². The van der Waals surface area contributed by atoms with E-state index >= 15 is 0 Å². The van der Waals surface area contributed by atoms with E-state index in [1.165, 1.54) is 0 Å². The third-order valence-electron chi connectivity index (χ3n) is 3.99. The summed E-state index contributed by atoms with van der Waals surface area (Å²) >= 11 is 1.63. The molecule has 5 heteroatoms. The van der Waals surface area contributed by atoms with Gasteiger partial charge in [-0.15, -0.1) is 11.3 Å². The summed E-state index contributed by atoms with van der Waals surface area (Å²) in [4.78, 5) is 29.1. The van der Waals surface area contributed by atoms with Gasteiger partial charge in [0.05, 0.1) is 6.54 Å². The summed E-state index contributed by atoms with van der Waals surface area (Å²) in [5, 5.41) is 2.00. The minimum Gasteiger partial charge on any atom is -0.341 e. The zero-order valence-electron chi connectivity index (χ0n) is 13.0. The summed E-state index contributed by atoms with van der Waals surface area (Å²) in [5.74, 6) is -0.0470. The van der Waals surface area contributed by atoms with Crippen LogP contribution >= 0.6 is 11.3 Å². The molecule has 0 bridgehead atoms. The van der Waals surface area contributed by atoms with Crippen molar-refractivity contribution in [3.05, 3.63) is 64.4 Å². The number of carbonyl (C=O) groups excluding carboxylic acids is 2. The Labute approximate surface area is 139 Å². The molecule has 2 aromatic rings. The molecule has 0 radical (unpaired) electrons. The molecule has 4 nitrogen and oxygen atoms in total. The lowest BCUT2D eigenvalue weighted by Crippen LogP contribution is -2.31. The van der Waals surface area contributed by atoms with E-state index in [0.717, 1.165) is 10.4 Å². The molecule has 0 N–H and O–H groups in total. The van der Waals surface area contributed by atoms with E-state index in [-0.39, 0.29) is 11.8 Å². The average Bonchev–Trinajstić information content (AvgIpc) is 3.14. The first kappa shape index (κ1) is 15.5. The number of amides is 2. The highest BCUT2D eigenvalue weighted by atomic mass is 32.1. The third kappa shape index (κ3) is 3.05. The van der Waals surface area contributed by atoms with Crippen LogP contribution in [0.1, 0.15) is 27.2 Å². The molecule has 0 saturated heterocycles. The minimum atomic E-state index is -0.0701. The molecule has 1 aromatic heterocycles. The maximum absolute atomic E-state index is 12.4. The van der Waals surface area contributed by atoms with Crippen molar-refractivity contribution in [1.29, 1.82) is 0 Å². The second-order valence-corrected chi connectivity index (χ2v) is 6.56. The summed E-state index contributed by atoms with van der Waals surface area (Å²) in [6.07, 6.45) is 0.292. The second-order valence-electron chi connectivity index (χ2n) is 5.53. The van der Waals surface area contributed by atoms with Gasteiger partial charge < -0.3 is 9.80 Å². The third-order valence-corrected chi connectivity index (χ3v) is 4.85. The number of benzene rings is 1. The van der Waals surface area contributed by atoms with Crippen molar-refractivity contribution in [3.8, 4) is 0 Å². The van der Waals surface area contributed by atoms with Crippen LogP contribution in [-0.2, 0) is 11.3 Å². The highest BCUT2D eigenvalue weighted by molar-refractivity contribution is 7.09. The van der Waals surface area contributed by atoms with Crippen LogP contribution in [-0.4, -0.2) is 35.2 Å². The van der Waals surface area contributed by atoms with Gasteiger partial charge in [-0.1, -0.05) is 30.8 Å². The fourth-order valence-corrected chi connectivity index (χ4v) is 3.45. The molecule has 0 unspecified atom stereocenters. The topological polar surface area (TPSA) is 40.6 Å². The van der Waals surface area contributed by atoms with Gasteiger partial charge in [0.25, 0.3) is 5.91 Å². The van der Waals surface area contributed by atoms with E-state index in [9.17, 15) is 9.59 Å². The highest BCUT2D eigenvalue weighted by Gasteiger charge is 2.30. The maximum atomic E-state index is 12.4. The number of fused-ring (bicyclic) bond motifs is 1. The maximum Gasteiger partial charge on any atom is 0.258 e. The molecule has 3 rings (SSSR count). The van der Waals surface area contributed by atoms with Crippen molar-refractivity contribution in [2.45, 2.75) is 13.0 Å². The predicted molar refractivity (Wildman–Crippen MR) is 91.9 cm³/mol. The SMILES string of the molecule is C=C1c2ccccc2C(=O)N1CCC(=O)N(C)Cc1cccs1. The zero-order valence-corrected chi connectivity index (χ0v) is 13.8. The fourth-order valence-electron chi connectivity index (χ4n) is 2.69. The van der Waals surface area contributed by atoms with Gasteiger partial charge in [0, 0.05) is 41.7 Å². The standard InChI is InChI=1S/C18H18N2O2S/c1-13-15-7-3-4-8-16(15)18(22)20(13)10-9-17(21)19(2)12-14-6-5-11-23-14/h3-8,11H,1,9-10,12H2,2H3. The van der Waals surface area contributed by atoms with Gasteiger partial charge in [-0.25, -0.2) is 0 Å². The van der Waals surface area contributed by atoms with Crippen LogP contribution in [0.25, 0.3) is 5.70 Å². The number of nitrogens with zero attached hydrogens (tertiary/aromatic N) is 2. The number of carbonyl (C=O) groups is 2. The van der Waals surface area contributed by atoms with E-state index in [4.69, 9.17) is 0 Å². The van der Waals surface area contributed by atoms with Gasteiger partial charge in [-0.05, 0) is 17.5 Å². The fraction of sp³-hybridized carbons (Fsp3) is 0.222. The van der Waals surface area contributed by atoms with Crippen LogP contribution in [0.2, 0.25) is 0 Å². The summed E-state index contributed by atoms with van der Waals surface area (Å²) < 4.78 is 0. The smallest absolute Gasteiger partial charge is 0.258 e. The molecule has 1 aliphatic heterocycles. The predicted octanol–water partition coefficient (Wildman–Crippen LogP) is 3.22. The Kier molecular flexibility index (Phi) is 4.30. The van der Waals surface area contributed by atoms with Gasteiger partial charge >= 0.3 is 0 Å². The van der Waals surface area contributed by atoms with Crippen molar-refractivity contribution in [2.75, 3.05) is 13.6 Å². The lowest BCUT2D eigenvalue weighted by atomic mass is 10.1. The van der Waals surface area contributed by atoms with Gasteiger partial charge in [-0.2, -0.15) is 0 Å².